The highest BCUT2D eigenvalue weighted by Gasteiger charge is 2.07. The van der Waals surface area contributed by atoms with Crippen molar-refractivity contribution < 1.29 is 14.3 Å². The van der Waals surface area contributed by atoms with E-state index < -0.39 is 0 Å². The predicted octanol–water partition coefficient (Wildman–Crippen LogP) is 1.17. The minimum absolute atomic E-state index is 0.172. The molecule has 1 heterocycles. The van der Waals surface area contributed by atoms with E-state index in [1.54, 1.807) is 12.1 Å². The van der Waals surface area contributed by atoms with Crippen molar-refractivity contribution in [2.45, 2.75) is 0 Å². The molecule has 0 bridgehead atoms. The molecule has 0 spiro atoms. The van der Waals surface area contributed by atoms with E-state index in [9.17, 15) is 4.79 Å². The van der Waals surface area contributed by atoms with Crippen LogP contribution in [0.15, 0.2) is 24.3 Å². The van der Waals surface area contributed by atoms with Gasteiger partial charge in [-0.1, -0.05) is 12.1 Å². The number of carbonyl (C=O) groups excluding carboxylic acids is 1. The minimum atomic E-state index is 0.172. The van der Waals surface area contributed by atoms with E-state index in [0.29, 0.717) is 17.4 Å². The summed E-state index contributed by atoms with van der Waals surface area (Å²) in [7, 11) is 1.45. The second kappa shape index (κ2) is 3.91. The first-order valence-corrected chi connectivity index (χ1v) is 4.26. The first-order valence-electron chi connectivity index (χ1n) is 4.26. The van der Waals surface area contributed by atoms with E-state index in [1.807, 2.05) is 12.1 Å². The van der Waals surface area contributed by atoms with Crippen molar-refractivity contribution in [3.05, 3.63) is 24.3 Å². The monoisotopic (exact) mass is 204 g/mol. The molecule has 15 heavy (non-hydrogen) atoms. The van der Waals surface area contributed by atoms with Crippen LogP contribution >= 0.6 is 0 Å². The molecule has 5 heteroatoms. The molecule has 0 aliphatic heterocycles. The maximum atomic E-state index is 10.3. The minimum Gasteiger partial charge on any atom is -0.467 e. The van der Waals surface area contributed by atoms with E-state index in [4.69, 9.17) is 9.47 Å². The van der Waals surface area contributed by atoms with E-state index >= 15 is 0 Å². The van der Waals surface area contributed by atoms with Crippen LogP contribution in [-0.2, 0) is 4.79 Å². The SMILES string of the molecule is COc1nc(OC=O)c2ccccc2n1. The molecular formula is C10H8N2O3. The Balaban J connectivity index is 2.68. The Bertz CT molecular complexity index is 499. The summed E-state index contributed by atoms with van der Waals surface area (Å²) in [6.45, 7) is 0.328. The first kappa shape index (κ1) is 9.39. The zero-order valence-corrected chi connectivity index (χ0v) is 8.01. The number of benzene rings is 1. The summed E-state index contributed by atoms with van der Waals surface area (Å²) in [4.78, 5) is 18.3. The van der Waals surface area contributed by atoms with Gasteiger partial charge in [-0.25, -0.2) is 0 Å². The molecule has 0 aliphatic rings. The highest BCUT2D eigenvalue weighted by Crippen LogP contribution is 2.23. The lowest BCUT2D eigenvalue weighted by atomic mass is 10.2. The predicted molar refractivity (Wildman–Crippen MR) is 52.8 cm³/mol. The zero-order chi connectivity index (χ0) is 10.7. The Hall–Kier alpha value is -2.17. The molecule has 0 amide bonds. The van der Waals surface area contributed by atoms with Crippen LogP contribution < -0.4 is 9.47 Å². The molecule has 0 atom stereocenters. The Morgan fingerprint density at radius 1 is 1.27 bits per heavy atom. The molecule has 0 aliphatic carbocycles. The maximum Gasteiger partial charge on any atom is 0.320 e. The fourth-order valence-electron chi connectivity index (χ4n) is 1.25. The summed E-state index contributed by atoms with van der Waals surface area (Å²) in [6, 6.07) is 7.38. The fourth-order valence-corrected chi connectivity index (χ4v) is 1.25. The normalized spacial score (nSPS) is 9.93. The van der Waals surface area contributed by atoms with Gasteiger partial charge in [-0.2, -0.15) is 9.97 Å². The number of fused-ring (bicyclic) bond motifs is 1. The maximum absolute atomic E-state index is 10.3. The standard InChI is InChI=1S/C10H8N2O3/c1-14-10-11-8-5-3-2-4-7(8)9(12-10)15-6-13/h2-6H,1H3. The lowest BCUT2D eigenvalue weighted by Gasteiger charge is -2.04. The zero-order valence-electron chi connectivity index (χ0n) is 8.01. The van der Waals surface area contributed by atoms with Gasteiger partial charge >= 0.3 is 6.01 Å². The average Bonchev–Trinajstić information content (AvgIpc) is 2.29. The van der Waals surface area contributed by atoms with Gasteiger partial charge in [-0.15, -0.1) is 0 Å². The number of nitrogens with zero attached hydrogens (tertiary/aromatic N) is 2. The third-order valence-electron chi connectivity index (χ3n) is 1.89. The largest absolute Gasteiger partial charge is 0.467 e. The highest BCUT2D eigenvalue weighted by atomic mass is 16.5. The number of rotatable bonds is 3. The quantitative estimate of drug-likeness (QED) is 0.702. The molecule has 1 aromatic carbocycles. The van der Waals surface area contributed by atoms with Crippen LogP contribution in [0.3, 0.4) is 0 Å². The topological polar surface area (TPSA) is 61.3 Å². The number of hydrogen-bond donors (Lipinski definition) is 0. The van der Waals surface area contributed by atoms with E-state index in [-0.39, 0.29) is 11.9 Å². The Labute approximate surface area is 85.7 Å². The van der Waals surface area contributed by atoms with Gasteiger partial charge < -0.3 is 9.47 Å². The first-order chi connectivity index (χ1) is 7.35. The Morgan fingerprint density at radius 2 is 2.07 bits per heavy atom. The third-order valence-corrected chi connectivity index (χ3v) is 1.89. The molecule has 5 nitrogen and oxygen atoms in total. The average molecular weight is 204 g/mol. The van der Waals surface area contributed by atoms with Crippen molar-refractivity contribution in [2.75, 3.05) is 7.11 Å². The van der Waals surface area contributed by atoms with Gasteiger partial charge in [0.25, 0.3) is 6.47 Å². The van der Waals surface area contributed by atoms with Crippen LogP contribution in [0.4, 0.5) is 0 Å². The van der Waals surface area contributed by atoms with Crippen LogP contribution in [0.25, 0.3) is 10.9 Å². The highest BCUT2D eigenvalue weighted by molar-refractivity contribution is 5.84. The van der Waals surface area contributed by atoms with Crippen molar-refractivity contribution >= 4 is 17.4 Å². The van der Waals surface area contributed by atoms with E-state index in [0.717, 1.165) is 0 Å². The third kappa shape index (κ3) is 1.71. The second-order valence-electron chi connectivity index (χ2n) is 2.75. The van der Waals surface area contributed by atoms with Crippen molar-refractivity contribution in [3.63, 3.8) is 0 Å². The molecule has 0 saturated heterocycles. The Morgan fingerprint density at radius 3 is 2.80 bits per heavy atom. The van der Waals surface area contributed by atoms with Crippen molar-refractivity contribution in [3.8, 4) is 11.9 Å². The van der Waals surface area contributed by atoms with Crippen LogP contribution in [0.1, 0.15) is 0 Å². The van der Waals surface area contributed by atoms with E-state index in [1.165, 1.54) is 7.11 Å². The second-order valence-corrected chi connectivity index (χ2v) is 2.75. The molecule has 76 valence electrons. The number of ether oxygens (including phenoxy) is 2. The van der Waals surface area contributed by atoms with Crippen LogP contribution in [-0.4, -0.2) is 23.5 Å². The number of aromatic nitrogens is 2. The fraction of sp³-hybridized carbons (Fsp3) is 0.100. The molecule has 0 unspecified atom stereocenters. The van der Waals surface area contributed by atoms with Gasteiger partial charge in [0, 0.05) is 0 Å². The molecule has 0 radical (unpaired) electrons. The summed E-state index contributed by atoms with van der Waals surface area (Å²) in [5.74, 6) is 0.201. The lowest BCUT2D eigenvalue weighted by Crippen LogP contribution is -1.98. The number of methoxy groups -OCH3 is 1. The van der Waals surface area contributed by atoms with Crippen LogP contribution in [0.2, 0.25) is 0 Å². The Kier molecular flexibility index (Phi) is 2.45. The number of carbonyl (C=O) groups is 1. The molecule has 2 rings (SSSR count). The van der Waals surface area contributed by atoms with Crippen molar-refractivity contribution in [1.29, 1.82) is 0 Å². The van der Waals surface area contributed by atoms with Gasteiger partial charge in [0.1, 0.15) is 0 Å². The van der Waals surface area contributed by atoms with Gasteiger partial charge in [-0.3, -0.25) is 4.79 Å². The van der Waals surface area contributed by atoms with Crippen molar-refractivity contribution in [1.82, 2.24) is 9.97 Å². The van der Waals surface area contributed by atoms with E-state index in [2.05, 4.69) is 9.97 Å². The molecule has 2 aromatic rings. The summed E-state index contributed by atoms with van der Waals surface area (Å²) < 4.78 is 9.64. The molecule has 0 saturated carbocycles. The van der Waals surface area contributed by atoms with Crippen molar-refractivity contribution in [2.24, 2.45) is 0 Å². The number of para-hydroxylation sites is 1. The van der Waals surface area contributed by atoms with Crippen LogP contribution in [0, 0.1) is 0 Å². The van der Waals surface area contributed by atoms with Gasteiger partial charge in [0.2, 0.25) is 5.88 Å². The summed E-state index contributed by atoms with van der Waals surface area (Å²) >= 11 is 0. The molecule has 1 aromatic heterocycles. The summed E-state index contributed by atoms with van der Waals surface area (Å²) in [5.41, 5.74) is 0.668. The van der Waals surface area contributed by atoms with Gasteiger partial charge in [0.15, 0.2) is 0 Å². The molecule has 0 N–H and O–H groups in total. The number of hydrogen-bond acceptors (Lipinski definition) is 5. The lowest BCUT2D eigenvalue weighted by molar-refractivity contribution is -0.120. The van der Waals surface area contributed by atoms with Gasteiger partial charge in [0.05, 0.1) is 18.0 Å². The summed E-state index contributed by atoms with van der Waals surface area (Å²) in [5, 5.41) is 0.672. The van der Waals surface area contributed by atoms with Gasteiger partial charge in [-0.05, 0) is 12.1 Å². The molecule has 0 fully saturated rings. The van der Waals surface area contributed by atoms with Crippen LogP contribution in [0.5, 0.6) is 11.9 Å². The molecular weight excluding hydrogens is 196 g/mol. The summed E-state index contributed by atoms with van der Waals surface area (Å²) in [6.07, 6.45) is 0. The smallest absolute Gasteiger partial charge is 0.320 e.